The van der Waals surface area contributed by atoms with E-state index in [9.17, 15) is 25.2 Å². The first-order valence-corrected chi connectivity index (χ1v) is 23.2. The molecule has 8 heteroatoms. The highest BCUT2D eigenvalue weighted by molar-refractivity contribution is 8.13. The predicted molar refractivity (Wildman–Crippen MR) is 217 cm³/mol. The van der Waals surface area contributed by atoms with Crippen LogP contribution in [0.3, 0.4) is 0 Å². The number of amides is 1. The maximum Gasteiger partial charge on any atom is 0.283 e. The van der Waals surface area contributed by atoms with Gasteiger partial charge in [-0.2, -0.15) is 0 Å². The van der Waals surface area contributed by atoms with Gasteiger partial charge in [-0.05, 0) is 12.8 Å². The van der Waals surface area contributed by atoms with Crippen LogP contribution < -0.4 is 0 Å². The average Bonchev–Trinajstić information content (AvgIpc) is 3.13. The molecule has 1 fully saturated rings. The van der Waals surface area contributed by atoms with Gasteiger partial charge in [0.05, 0.1) is 6.61 Å². The van der Waals surface area contributed by atoms with Crippen molar-refractivity contribution in [2.75, 3.05) is 18.9 Å². The second kappa shape index (κ2) is 35.3. The third kappa shape index (κ3) is 25.4. The van der Waals surface area contributed by atoms with E-state index < -0.39 is 37.3 Å². The zero-order valence-corrected chi connectivity index (χ0v) is 34.4. The summed E-state index contributed by atoms with van der Waals surface area (Å²) in [6.45, 7) is 4.48. The fourth-order valence-corrected chi connectivity index (χ4v) is 8.27. The van der Waals surface area contributed by atoms with E-state index in [0.29, 0.717) is 12.3 Å². The number of rotatable bonds is 36. The van der Waals surface area contributed by atoms with E-state index in [1.165, 1.54) is 190 Å². The van der Waals surface area contributed by atoms with Gasteiger partial charge in [0.1, 0.15) is 24.4 Å². The number of nitrogens with zero attached hydrogens (tertiary/aromatic N) is 1. The van der Waals surface area contributed by atoms with Crippen molar-refractivity contribution in [1.29, 1.82) is 0 Å². The van der Waals surface area contributed by atoms with Gasteiger partial charge in [0.15, 0.2) is 6.23 Å². The Balaban J connectivity index is 2.24. The molecule has 7 nitrogen and oxygen atoms in total. The van der Waals surface area contributed by atoms with Crippen molar-refractivity contribution in [3.8, 4) is 0 Å². The lowest BCUT2D eigenvalue weighted by atomic mass is 9.97. The summed E-state index contributed by atoms with van der Waals surface area (Å²) in [5.41, 5.74) is 0. The van der Waals surface area contributed by atoms with E-state index >= 15 is 0 Å². The maximum absolute atomic E-state index is 13.4. The summed E-state index contributed by atoms with van der Waals surface area (Å²) >= 11 is 1.26. The molecule has 1 rings (SSSR count). The molecule has 1 amide bonds. The topological polar surface area (TPSA) is 110 Å². The number of unbranched alkanes of at least 4 members (excludes halogenated alkanes) is 30. The minimum Gasteiger partial charge on any atom is -0.394 e. The summed E-state index contributed by atoms with van der Waals surface area (Å²) in [5.74, 6) is 0.712. The molecule has 1 aliphatic heterocycles. The first kappa shape index (κ1) is 48.6. The summed E-state index contributed by atoms with van der Waals surface area (Å²) < 4.78 is 5.81. The Morgan fingerprint density at radius 1 is 0.490 bits per heavy atom. The highest BCUT2D eigenvalue weighted by Gasteiger charge is 2.46. The van der Waals surface area contributed by atoms with E-state index in [4.69, 9.17) is 4.74 Å². The van der Waals surface area contributed by atoms with Crippen molar-refractivity contribution in [2.24, 2.45) is 0 Å². The van der Waals surface area contributed by atoms with Crippen molar-refractivity contribution in [3.05, 3.63) is 0 Å². The van der Waals surface area contributed by atoms with Crippen LogP contribution in [-0.2, 0) is 4.74 Å². The Morgan fingerprint density at radius 2 is 0.824 bits per heavy atom. The number of aliphatic hydroxyl groups is 4. The molecule has 1 unspecified atom stereocenters. The fraction of sp³-hybridized carbons (Fsp3) is 0.977. The number of aliphatic hydroxyl groups excluding tert-OH is 4. The van der Waals surface area contributed by atoms with Crippen LogP contribution in [-0.4, -0.2) is 80.1 Å². The molecule has 0 aromatic heterocycles. The van der Waals surface area contributed by atoms with Crippen LogP contribution in [0.4, 0.5) is 4.79 Å². The molecule has 0 radical (unpaired) electrons. The fourth-order valence-electron chi connectivity index (χ4n) is 7.38. The lowest BCUT2D eigenvalue weighted by Crippen LogP contribution is -2.63. The van der Waals surface area contributed by atoms with Crippen molar-refractivity contribution in [2.45, 2.75) is 250 Å². The van der Waals surface area contributed by atoms with Crippen LogP contribution in [0.25, 0.3) is 0 Å². The Kier molecular flexibility index (Phi) is 33.7. The van der Waals surface area contributed by atoms with Gasteiger partial charge in [0.2, 0.25) is 0 Å². The highest BCUT2D eigenvalue weighted by Crippen LogP contribution is 2.27. The third-order valence-electron chi connectivity index (χ3n) is 10.9. The molecule has 1 heterocycles. The second-order valence-electron chi connectivity index (χ2n) is 15.6. The van der Waals surface area contributed by atoms with Gasteiger partial charge in [-0.3, -0.25) is 4.79 Å². The zero-order valence-electron chi connectivity index (χ0n) is 33.6. The Labute approximate surface area is 319 Å². The van der Waals surface area contributed by atoms with E-state index in [1.54, 1.807) is 0 Å². The Morgan fingerprint density at radius 3 is 1.18 bits per heavy atom. The molecule has 0 aromatic carbocycles. The number of thioether (sulfide) groups is 1. The lowest BCUT2D eigenvalue weighted by Gasteiger charge is -2.44. The maximum atomic E-state index is 13.4. The van der Waals surface area contributed by atoms with Crippen molar-refractivity contribution in [3.63, 3.8) is 0 Å². The Hall–Kier alpha value is -0.380. The number of ether oxygens (including phenoxy) is 1. The van der Waals surface area contributed by atoms with Gasteiger partial charge in [-0.25, -0.2) is 0 Å². The third-order valence-corrected chi connectivity index (χ3v) is 11.9. The normalized spacial score (nSPS) is 20.6. The molecular weight excluding hydrogens is 659 g/mol. The largest absolute Gasteiger partial charge is 0.394 e. The van der Waals surface area contributed by atoms with Gasteiger partial charge in [0, 0.05) is 12.3 Å². The van der Waals surface area contributed by atoms with Crippen LogP contribution in [0.1, 0.15) is 219 Å². The Bertz CT molecular complexity index is 758. The first-order valence-electron chi connectivity index (χ1n) is 22.2. The molecular formula is C43H85NO6S. The SMILES string of the molecule is CCCCCCCCCCCCCCCCCCSC(=O)N(CCCCCCCCCCCCCCCCCC)C1O[C@H](CO)[C@@H](O)[C@H](O)[C@H]1O. The summed E-state index contributed by atoms with van der Waals surface area (Å²) in [7, 11) is 0. The summed E-state index contributed by atoms with van der Waals surface area (Å²) in [6, 6.07) is 0. The molecule has 0 aromatic rings. The minimum absolute atomic E-state index is 0.166. The van der Waals surface area contributed by atoms with Crippen molar-refractivity contribution in [1.82, 2.24) is 4.90 Å². The lowest BCUT2D eigenvalue weighted by molar-refractivity contribution is -0.256. The summed E-state index contributed by atoms with van der Waals surface area (Å²) in [5, 5.41) is 41.0. The van der Waals surface area contributed by atoms with Gasteiger partial charge in [-0.15, -0.1) is 0 Å². The molecule has 4 N–H and O–H groups in total. The van der Waals surface area contributed by atoms with E-state index in [-0.39, 0.29) is 5.24 Å². The van der Waals surface area contributed by atoms with Crippen molar-refractivity contribution >= 4 is 17.0 Å². The van der Waals surface area contributed by atoms with E-state index in [2.05, 4.69) is 13.8 Å². The smallest absolute Gasteiger partial charge is 0.283 e. The van der Waals surface area contributed by atoms with Crippen LogP contribution in [0, 0.1) is 0 Å². The van der Waals surface area contributed by atoms with E-state index in [1.807, 2.05) is 0 Å². The van der Waals surface area contributed by atoms with Gasteiger partial charge >= 0.3 is 0 Å². The molecule has 0 spiro atoms. The molecule has 0 saturated carbocycles. The summed E-state index contributed by atoms with van der Waals surface area (Å²) in [4.78, 5) is 14.9. The number of carbonyl (C=O) groups excluding carboxylic acids is 1. The number of carbonyl (C=O) groups is 1. The van der Waals surface area contributed by atoms with E-state index in [0.717, 1.165) is 32.1 Å². The quantitative estimate of drug-likeness (QED) is 0.0473. The van der Waals surface area contributed by atoms with Crippen LogP contribution in [0.5, 0.6) is 0 Å². The molecule has 1 saturated heterocycles. The molecule has 304 valence electrons. The molecule has 5 atom stereocenters. The first-order chi connectivity index (χ1) is 25.0. The minimum atomic E-state index is -1.48. The van der Waals surface area contributed by atoms with Crippen LogP contribution in [0.15, 0.2) is 0 Å². The van der Waals surface area contributed by atoms with Crippen LogP contribution in [0.2, 0.25) is 0 Å². The predicted octanol–water partition coefficient (Wildman–Crippen LogP) is 11.5. The summed E-state index contributed by atoms with van der Waals surface area (Å²) in [6.07, 6.45) is 35.0. The second-order valence-corrected chi connectivity index (χ2v) is 16.7. The van der Waals surface area contributed by atoms with Gasteiger partial charge in [0.25, 0.3) is 5.24 Å². The molecule has 1 aliphatic rings. The van der Waals surface area contributed by atoms with Gasteiger partial charge in [-0.1, -0.05) is 218 Å². The highest BCUT2D eigenvalue weighted by atomic mass is 32.2. The van der Waals surface area contributed by atoms with Gasteiger partial charge < -0.3 is 30.1 Å². The standard InChI is InChI=1S/C43H85NO6S/c1-3-5-7-9-11-13-15-17-19-21-23-25-27-29-31-33-35-44(42-41(48)40(47)39(46)38(37-45)50-42)43(49)51-36-34-32-30-28-26-24-22-20-18-16-14-12-10-8-6-4-2/h38-42,45-48H,3-37H2,1-2H3/t38-,39-,40+,41-,42?/m1/s1. The monoisotopic (exact) mass is 744 g/mol. The van der Waals surface area contributed by atoms with Crippen molar-refractivity contribution < 1.29 is 30.0 Å². The number of hydrogen-bond acceptors (Lipinski definition) is 7. The molecule has 0 bridgehead atoms. The molecule has 51 heavy (non-hydrogen) atoms. The molecule has 0 aliphatic carbocycles. The average molecular weight is 744 g/mol. The van der Waals surface area contributed by atoms with Crippen LogP contribution >= 0.6 is 11.8 Å². The number of hydrogen-bond donors (Lipinski definition) is 4. The zero-order chi connectivity index (χ0) is 37.2.